The van der Waals surface area contributed by atoms with Crippen molar-refractivity contribution >= 4 is 0 Å². The lowest BCUT2D eigenvalue weighted by molar-refractivity contribution is 0.428. The number of hydrogen-bond donors (Lipinski definition) is 1. The van der Waals surface area contributed by atoms with Crippen LogP contribution in [0.1, 0.15) is 41.5 Å². The summed E-state index contributed by atoms with van der Waals surface area (Å²) >= 11 is 0. The van der Waals surface area contributed by atoms with Gasteiger partial charge in [0, 0.05) is 22.2 Å². The third-order valence-electron chi connectivity index (χ3n) is 2.11. The molecule has 0 aromatic rings. The second-order valence-corrected chi connectivity index (χ2v) is 5.58. The predicted octanol–water partition coefficient (Wildman–Crippen LogP) is 3.70. The highest BCUT2D eigenvalue weighted by Gasteiger charge is 2.20. The normalized spacial score (nSPS) is 12.5. The van der Waals surface area contributed by atoms with Crippen molar-refractivity contribution in [3.63, 3.8) is 0 Å². The molecule has 0 atom stereocenters. The van der Waals surface area contributed by atoms with Crippen LogP contribution >= 0.6 is 0 Å². The van der Waals surface area contributed by atoms with Crippen LogP contribution in [-0.4, -0.2) is 0 Å². The van der Waals surface area contributed by atoms with Crippen LogP contribution in [0.15, 0.2) is 24.6 Å². The fraction of sp³-hybridized carbons (Fsp3) is 0.667. The SMILES string of the molecule is C=C(NC(=C)C(C)(C)C)C(C)(C)C. The quantitative estimate of drug-likeness (QED) is 0.685. The summed E-state index contributed by atoms with van der Waals surface area (Å²) in [5.74, 6) is 0. The molecule has 0 aromatic heterocycles. The minimum atomic E-state index is 0.0915. The number of hydrogen-bond acceptors (Lipinski definition) is 1. The van der Waals surface area contributed by atoms with Crippen molar-refractivity contribution in [2.75, 3.05) is 0 Å². The summed E-state index contributed by atoms with van der Waals surface area (Å²) in [5.41, 5.74) is 2.22. The van der Waals surface area contributed by atoms with Gasteiger partial charge in [-0.25, -0.2) is 0 Å². The first-order chi connectivity index (χ1) is 5.55. The maximum Gasteiger partial charge on any atom is 0.0130 e. The Morgan fingerprint density at radius 1 is 0.769 bits per heavy atom. The van der Waals surface area contributed by atoms with Crippen molar-refractivity contribution in [2.45, 2.75) is 41.5 Å². The summed E-state index contributed by atoms with van der Waals surface area (Å²) in [4.78, 5) is 0. The Hall–Kier alpha value is -0.720. The Morgan fingerprint density at radius 3 is 1.15 bits per heavy atom. The molecular weight excluding hydrogens is 158 g/mol. The first kappa shape index (κ1) is 12.3. The average Bonchev–Trinajstić information content (AvgIpc) is 1.82. The summed E-state index contributed by atoms with van der Waals surface area (Å²) < 4.78 is 0. The zero-order valence-corrected chi connectivity index (χ0v) is 9.91. The molecule has 0 amide bonds. The van der Waals surface area contributed by atoms with Crippen LogP contribution < -0.4 is 5.32 Å². The van der Waals surface area contributed by atoms with Gasteiger partial charge in [-0.1, -0.05) is 54.7 Å². The van der Waals surface area contributed by atoms with E-state index in [0.717, 1.165) is 11.4 Å². The molecule has 1 nitrogen and oxygen atoms in total. The van der Waals surface area contributed by atoms with Gasteiger partial charge in [0.1, 0.15) is 0 Å². The van der Waals surface area contributed by atoms with Crippen molar-refractivity contribution in [3.05, 3.63) is 24.6 Å². The first-order valence-electron chi connectivity index (χ1n) is 4.71. The molecule has 0 radical (unpaired) electrons. The van der Waals surface area contributed by atoms with Crippen molar-refractivity contribution in [1.82, 2.24) is 5.32 Å². The molecule has 1 N–H and O–H groups in total. The fourth-order valence-corrected chi connectivity index (χ4v) is 0.557. The minimum absolute atomic E-state index is 0.0915. The van der Waals surface area contributed by atoms with Crippen LogP contribution in [0.5, 0.6) is 0 Å². The summed E-state index contributed by atoms with van der Waals surface area (Å²) in [7, 11) is 0. The van der Waals surface area contributed by atoms with Crippen LogP contribution in [0.2, 0.25) is 0 Å². The van der Waals surface area contributed by atoms with E-state index in [9.17, 15) is 0 Å². The molecule has 0 rings (SSSR count). The van der Waals surface area contributed by atoms with Crippen molar-refractivity contribution in [3.8, 4) is 0 Å². The molecule has 0 fully saturated rings. The van der Waals surface area contributed by atoms with Crippen LogP contribution in [0, 0.1) is 10.8 Å². The molecule has 0 aliphatic rings. The lowest BCUT2D eigenvalue weighted by Crippen LogP contribution is -2.28. The summed E-state index contributed by atoms with van der Waals surface area (Å²) in [6.07, 6.45) is 0. The molecule has 0 aliphatic heterocycles. The van der Waals surface area contributed by atoms with Crippen molar-refractivity contribution in [2.24, 2.45) is 10.8 Å². The van der Waals surface area contributed by atoms with Gasteiger partial charge in [0.05, 0.1) is 0 Å². The molecule has 76 valence electrons. The molecule has 0 heterocycles. The maximum atomic E-state index is 4.01. The van der Waals surface area contributed by atoms with E-state index >= 15 is 0 Å². The Bertz CT molecular complexity index is 186. The molecule has 0 bridgehead atoms. The van der Waals surface area contributed by atoms with E-state index < -0.39 is 0 Å². The molecule has 0 unspecified atom stereocenters. The molecule has 0 aromatic carbocycles. The van der Waals surface area contributed by atoms with Crippen molar-refractivity contribution < 1.29 is 0 Å². The third kappa shape index (κ3) is 4.16. The fourth-order valence-electron chi connectivity index (χ4n) is 0.557. The molecule has 13 heavy (non-hydrogen) atoms. The zero-order chi connectivity index (χ0) is 10.9. The molecule has 0 aliphatic carbocycles. The number of rotatable bonds is 2. The van der Waals surface area contributed by atoms with Gasteiger partial charge >= 0.3 is 0 Å². The van der Waals surface area contributed by atoms with Crippen molar-refractivity contribution in [1.29, 1.82) is 0 Å². The smallest absolute Gasteiger partial charge is 0.0130 e. The van der Waals surface area contributed by atoms with E-state index in [1.54, 1.807) is 0 Å². The van der Waals surface area contributed by atoms with Crippen LogP contribution in [-0.2, 0) is 0 Å². The van der Waals surface area contributed by atoms with Gasteiger partial charge in [-0.15, -0.1) is 0 Å². The second-order valence-electron chi connectivity index (χ2n) is 5.58. The highest BCUT2D eigenvalue weighted by molar-refractivity contribution is 5.14. The standard InChI is InChI=1S/C12H23N/c1-9(11(3,4)5)13-10(2)12(6,7)8/h13H,1-2H2,3-8H3. The van der Waals surface area contributed by atoms with E-state index in [1.165, 1.54) is 0 Å². The lowest BCUT2D eigenvalue weighted by atomic mass is 9.89. The van der Waals surface area contributed by atoms with Crippen LogP contribution in [0.3, 0.4) is 0 Å². The van der Waals surface area contributed by atoms with Gasteiger partial charge in [0.15, 0.2) is 0 Å². The van der Waals surface area contributed by atoms with Gasteiger partial charge in [0.25, 0.3) is 0 Å². The van der Waals surface area contributed by atoms with E-state index in [2.05, 4.69) is 60.0 Å². The molecule has 0 saturated carbocycles. The minimum Gasteiger partial charge on any atom is -0.362 e. The Balaban J connectivity index is 4.34. The molecular formula is C12H23N. The summed E-state index contributed by atoms with van der Waals surface area (Å²) in [6, 6.07) is 0. The van der Waals surface area contributed by atoms with Gasteiger partial charge < -0.3 is 5.32 Å². The Labute approximate surface area is 82.9 Å². The highest BCUT2D eigenvalue weighted by Crippen LogP contribution is 2.27. The Kier molecular flexibility index (Phi) is 3.37. The largest absolute Gasteiger partial charge is 0.362 e. The zero-order valence-electron chi connectivity index (χ0n) is 9.91. The Morgan fingerprint density at radius 2 is 1.00 bits per heavy atom. The second kappa shape index (κ2) is 3.57. The maximum absolute atomic E-state index is 4.01. The van der Waals surface area contributed by atoms with Gasteiger partial charge in [-0.2, -0.15) is 0 Å². The van der Waals surface area contributed by atoms with Gasteiger partial charge in [-0.3, -0.25) is 0 Å². The molecule has 0 saturated heterocycles. The topological polar surface area (TPSA) is 12.0 Å². The highest BCUT2D eigenvalue weighted by atomic mass is 14.9. The summed E-state index contributed by atoms with van der Waals surface area (Å²) in [5, 5.41) is 3.27. The first-order valence-corrected chi connectivity index (χ1v) is 4.71. The van der Waals surface area contributed by atoms with Gasteiger partial charge in [-0.05, 0) is 0 Å². The predicted molar refractivity (Wildman–Crippen MR) is 60.3 cm³/mol. The monoisotopic (exact) mass is 181 g/mol. The third-order valence-corrected chi connectivity index (χ3v) is 2.11. The lowest BCUT2D eigenvalue weighted by Gasteiger charge is -2.29. The molecule has 0 spiro atoms. The summed E-state index contributed by atoms with van der Waals surface area (Å²) in [6.45, 7) is 20.8. The number of allylic oxidation sites excluding steroid dienone is 2. The average molecular weight is 181 g/mol. The van der Waals surface area contributed by atoms with E-state index in [1.807, 2.05) is 0 Å². The van der Waals surface area contributed by atoms with Gasteiger partial charge in [0.2, 0.25) is 0 Å². The van der Waals surface area contributed by atoms with Crippen LogP contribution in [0.25, 0.3) is 0 Å². The van der Waals surface area contributed by atoms with E-state index in [-0.39, 0.29) is 10.8 Å². The van der Waals surface area contributed by atoms with E-state index in [0.29, 0.717) is 0 Å². The van der Waals surface area contributed by atoms with E-state index in [4.69, 9.17) is 0 Å². The molecule has 1 heteroatoms. The van der Waals surface area contributed by atoms with Crippen LogP contribution in [0.4, 0.5) is 0 Å². The number of nitrogens with one attached hydrogen (secondary N) is 1.